The molecule has 0 saturated heterocycles. The summed E-state index contributed by atoms with van der Waals surface area (Å²) in [6.45, 7) is 2.04. The van der Waals surface area contributed by atoms with Gasteiger partial charge in [0.1, 0.15) is 11.5 Å². The molecule has 202 valence electrons. The van der Waals surface area contributed by atoms with Crippen LogP contribution < -0.4 is 4.73 Å². The Hall–Kier alpha value is -4.77. The Kier molecular flexibility index (Phi) is 8.02. The molecule has 2 aromatic carbocycles. The molecule has 3 aromatic heterocycles. The zero-order valence-corrected chi connectivity index (χ0v) is 22.4. The first-order valence-corrected chi connectivity index (χ1v) is 13.1. The van der Waals surface area contributed by atoms with Gasteiger partial charge in [0.25, 0.3) is 11.5 Å². The van der Waals surface area contributed by atoms with Crippen molar-refractivity contribution in [1.82, 2.24) is 30.2 Å². The molecule has 0 fully saturated rings. The Morgan fingerprint density at radius 1 is 1.07 bits per heavy atom. The largest absolute Gasteiger partial charge is 0.618 e. The summed E-state index contributed by atoms with van der Waals surface area (Å²) in [6.07, 6.45) is 2.41. The molecule has 11 nitrogen and oxygen atoms in total. The maximum absolute atomic E-state index is 13.6. The number of rotatable bonds is 11. The second kappa shape index (κ2) is 12.0. The molecule has 3 heterocycles. The Balaban J connectivity index is 1.50. The summed E-state index contributed by atoms with van der Waals surface area (Å²) < 4.78 is 2.20. The lowest BCUT2D eigenvalue weighted by Crippen LogP contribution is -2.39. The van der Waals surface area contributed by atoms with Crippen LogP contribution in [0.25, 0.3) is 22.5 Å². The molecule has 0 aliphatic heterocycles. The van der Waals surface area contributed by atoms with Crippen LogP contribution in [0.5, 0.6) is 0 Å². The number of hydrogen-bond acceptors (Lipinski definition) is 8. The van der Waals surface area contributed by atoms with E-state index in [-0.39, 0.29) is 28.8 Å². The molecule has 5 aromatic rings. The van der Waals surface area contributed by atoms with Crippen molar-refractivity contribution in [2.24, 2.45) is 5.18 Å². The van der Waals surface area contributed by atoms with Gasteiger partial charge in [-0.1, -0.05) is 78.7 Å². The summed E-state index contributed by atoms with van der Waals surface area (Å²) in [4.78, 5) is 28.9. The predicted octanol–water partition coefficient (Wildman–Crippen LogP) is 4.91. The first-order chi connectivity index (χ1) is 19.5. The van der Waals surface area contributed by atoms with Gasteiger partial charge in [-0.3, -0.25) is 4.79 Å². The first-order valence-electron chi connectivity index (χ1n) is 12.7. The summed E-state index contributed by atoms with van der Waals surface area (Å²) >= 11 is 6.51. The molecule has 0 spiro atoms. The van der Waals surface area contributed by atoms with Gasteiger partial charge in [-0.05, 0) is 34.4 Å². The molecule has 0 aliphatic rings. The quantitative estimate of drug-likeness (QED) is 0.105. The molecule has 0 amide bonds. The SMILES string of the molecule is CCCCc1nc(Cl)c(C(=O)c2cccc(CN=O)[n+]2[O-])n1Cc1ccc(-c2ccccc2-c2nn[nH]n2)cc1. The highest BCUT2D eigenvalue weighted by atomic mass is 35.5. The molecule has 5 rings (SSSR count). The smallest absolute Gasteiger partial charge is 0.277 e. The molecule has 0 unspecified atom stereocenters. The van der Waals surface area contributed by atoms with Crippen LogP contribution in [0.3, 0.4) is 0 Å². The topological polar surface area (TPSA) is 146 Å². The number of ketones is 1. The Bertz CT molecular complexity index is 1650. The number of nitrogens with one attached hydrogen (secondary N) is 1. The molecule has 0 aliphatic carbocycles. The van der Waals surface area contributed by atoms with Crippen molar-refractivity contribution in [3.63, 3.8) is 0 Å². The van der Waals surface area contributed by atoms with E-state index in [0.717, 1.165) is 35.1 Å². The van der Waals surface area contributed by atoms with Gasteiger partial charge in [-0.25, -0.2) is 4.98 Å². The van der Waals surface area contributed by atoms with E-state index in [1.807, 2.05) is 48.5 Å². The third-order valence-corrected chi connectivity index (χ3v) is 6.84. The Morgan fingerprint density at radius 2 is 1.85 bits per heavy atom. The lowest BCUT2D eigenvalue weighted by atomic mass is 9.98. The second-order valence-corrected chi connectivity index (χ2v) is 9.51. The van der Waals surface area contributed by atoms with E-state index in [4.69, 9.17) is 11.6 Å². The number of unbranched alkanes of at least 4 members (excludes halogenated alkanes) is 1. The van der Waals surface area contributed by atoms with Crippen molar-refractivity contribution >= 4 is 17.4 Å². The number of nitroso groups, excluding NO2 is 1. The zero-order valence-electron chi connectivity index (χ0n) is 21.6. The number of imidazole rings is 1. The number of aromatic amines is 1. The Labute approximate surface area is 234 Å². The van der Waals surface area contributed by atoms with Gasteiger partial charge < -0.3 is 9.77 Å². The van der Waals surface area contributed by atoms with Crippen molar-refractivity contribution in [2.45, 2.75) is 39.3 Å². The summed E-state index contributed by atoms with van der Waals surface area (Å²) in [5.74, 6) is 0.582. The summed E-state index contributed by atoms with van der Waals surface area (Å²) in [5, 5.41) is 30.0. The van der Waals surface area contributed by atoms with E-state index in [1.54, 1.807) is 10.6 Å². The van der Waals surface area contributed by atoms with Crippen LogP contribution in [0, 0.1) is 10.1 Å². The average Bonchev–Trinajstić information content (AvgIpc) is 3.61. The lowest BCUT2D eigenvalue weighted by Gasteiger charge is -2.13. The van der Waals surface area contributed by atoms with E-state index < -0.39 is 5.78 Å². The molecule has 40 heavy (non-hydrogen) atoms. The van der Waals surface area contributed by atoms with E-state index in [1.165, 1.54) is 12.1 Å². The van der Waals surface area contributed by atoms with Crippen LogP contribution in [0.1, 0.15) is 53.0 Å². The van der Waals surface area contributed by atoms with E-state index in [0.29, 0.717) is 29.3 Å². The summed E-state index contributed by atoms with van der Waals surface area (Å²) in [6, 6.07) is 20.1. The van der Waals surface area contributed by atoms with Gasteiger partial charge in [0.2, 0.25) is 11.5 Å². The number of pyridine rings is 1. The summed E-state index contributed by atoms with van der Waals surface area (Å²) in [5.41, 5.74) is 3.72. The number of H-pyrrole nitrogens is 1. The number of carbonyl (C=O) groups is 1. The Morgan fingerprint density at radius 3 is 2.55 bits per heavy atom. The highest BCUT2D eigenvalue weighted by molar-refractivity contribution is 6.33. The van der Waals surface area contributed by atoms with Gasteiger partial charge in [0.15, 0.2) is 11.7 Å². The van der Waals surface area contributed by atoms with Crippen LogP contribution in [-0.4, -0.2) is 36.0 Å². The number of benzene rings is 2. The third-order valence-electron chi connectivity index (χ3n) is 6.57. The maximum Gasteiger partial charge on any atom is 0.277 e. The average molecular weight is 557 g/mol. The van der Waals surface area contributed by atoms with Crippen molar-refractivity contribution in [3.05, 3.63) is 110 Å². The molecular weight excluding hydrogens is 532 g/mol. The molecular formula is C28H25ClN8O3. The molecule has 0 radical (unpaired) electrons. The standard InChI is InChI=1S/C28H25ClN8O3/c1-2-3-11-24-31-27(29)25(26(38)23-10-6-7-20(16-30-39)37(23)40)36(24)17-18-12-14-19(15-13-18)21-8-4-5-9-22(21)28-32-34-35-33-28/h4-10,12-15H,2-3,11,16-17H2,1H3,(H,32,33,34,35). The van der Waals surface area contributed by atoms with Gasteiger partial charge >= 0.3 is 0 Å². The number of carbonyl (C=O) groups excluding carboxylic acids is 1. The van der Waals surface area contributed by atoms with E-state index >= 15 is 0 Å². The second-order valence-electron chi connectivity index (χ2n) is 9.15. The highest BCUT2D eigenvalue weighted by Crippen LogP contribution is 2.30. The minimum Gasteiger partial charge on any atom is -0.618 e. The monoisotopic (exact) mass is 556 g/mol. The van der Waals surface area contributed by atoms with Crippen LogP contribution in [0.15, 0.2) is 71.9 Å². The van der Waals surface area contributed by atoms with Crippen molar-refractivity contribution in [1.29, 1.82) is 0 Å². The number of tetrazole rings is 1. The van der Waals surface area contributed by atoms with Crippen LogP contribution in [0.4, 0.5) is 0 Å². The van der Waals surface area contributed by atoms with Crippen LogP contribution in [0.2, 0.25) is 5.15 Å². The number of aromatic nitrogens is 7. The fourth-order valence-corrected chi connectivity index (χ4v) is 4.86. The van der Waals surface area contributed by atoms with Crippen molar-refractivity contribution in [2.75, 3.05) is 0 Å². The maximum atomic E-state index is 13.6. The lowest BCUT2D eigenvalue weighted by molar-refractivity contribution is -0.616. The molecule has 0 bridgehead atoms. The number of hydrogen-bond donors (Lipinski definition) is 1. The number of aryl methyl sites for hydroxylation is 1. The minimum atomic E-state index is -0.575. The first kappa shape index (κ1) is 26.8. The molecule has 0 saturated carbocycles. The van der Waals surface area contributed by atoms with Gasteiger partial charge in [0.05, 0.1) is 0 Å². The fourth-order valence-electron chi connectivity index (χ4n) is 4.57. The van der Waals surface area contributed by atoms with Gasteiger partial charge in [-0.2, -0.15) is 14.9 Å². The predicted molar refractivity (Wildman–Crippen MR) is 148 cm³/mol. The van der Waals surface area contributed by atoms with E-state index in [2.05, 4.69) is 37.7 Å². The molecule has 1 N–H and O–H groups in total. The highest BCUT2D eigenvalue weighted by Gasteiger charge is 2.29. The minimum absolute atomic E-state index is 0.0284. The number of nitrogens with zero attached hydrogens (tertiary/aromatic N) is 7. The molecule has 0 atom stereocenters. The van der Waals surface area contributed by atoms with Gasteiger partial charge in [0, 0.05) is 30.7 Å². The van der Waals surface area contributed by atoms with Crippen LogP contribution in [-0.2, 0) is 19.5 Å². The number of halogens is 1. The molecule has 12 heteroatoms. The van der Waals surface area contributed by atoms with E-state index in [9.17, 15) is 14.9 Å². The van der Waals surface area contributed by atoms with Gasteiger partial charge in [-0.15, -0.1) is 10.2 Å². The van der Waals surface area contributed by atoms with Crippen molar-refractivity contribution < 1.29 is 9.52 Å². The van der Waals surface area contributed by atoms with Crippen molar-refractivity contribution in [3.8, 4) is 22.5 Å². The summed E-state index contributed by atoms with van der Waals surface area (Å²) in [7, 11) is 0. The fraction of sp³-hybridized carbons (Fsp3) is 0.214. The van der Waals surface area contributed by atoms with Crippen LogP contribution >= 0.6 is 11.6 Å². The third kappa shape index (κ3) is 5.36. The normalized spacial score (nSPS) is 11.1. The zero-order chi connectivity index (χ0) is 28.1.